The molecule has 9 heteroatoms. The number of alkyl halides is 2. The Labute approximate surface area is 163 Å². The van der Waals surface area contributed by atoms with E-state index in [4.69, 9.17) is 0 Å². The van der Waals surface area contributed by atoms with Gasteiger partial charge in [-0.25, -0.2) is 18.7 Å². The summed E-state index contributed by atoms with van der Waals surface area (Å²) < 4.78 is 26.8. The quantitative estimate of drug-likeness (QED) is 0.565. The number of rotatable bonds is 6. The molecule has 0 N–H and O–H groups in total. The molecule has 0 aliphatic heterocycles. The zero-order valence-electron chi connectivity index (χ0n) is 14.6. The molecule has 0 unspecified atom stereocenters. The zero-order valence-corrected chi connectivity index (χ0v) is 16.3. The Kier molecular flexibility index (Phi) is 5.43. The first-order valence-corrected chi connectivity index (χ1v) is 9.61. The van der Waals surface area contributed by atoms with Crippen molar-refractivity contribution in [2.75, 3.05) is 13.6 Å². The van der Waals surface area contributed by atoms with Gasteiger partial charge in [0.2, 0.25) is 0 Å². The lowest BCUT2D eigenvalue weighted by atomic mass is 10.3. The van der Waals surface area contributed by atoms with Gasteiger partial charge in [-0.1, -0.05) is 6.58 Å². The Bertz CT molecular complexity index is 969. The average molecular weight is 406 g/mol. The Balaban J connectivity index is 1.83. The Hall–Kier alpha value is -2.52. The van der Waals surface area contributed by atoms with Gasteiger partial charge in [-0.2, -0.15) is 0 Å². The number of aromatic nitrogens is 3. The van der Waals surface area contributed by atoms with E-state index < -0.39 is 18.4 Å². The summed E-state index contributed by atoms with van der Waals surface area (Å²) in [5, 5.41) is 3.01. The van der Waals surface area contributed by atoms with Crippen molar-refractivity contribution in [1.82, 2.24) is 19.9 Å². The second-order valence-electron chi connectivity index (χ2n) is 5.84. The minimum absolute atomic E-state index is 0.132. The van der Waals surface area contributed by atoms with E-state index in [1.807, 2.05) is 19.1 Å². The topological polar surface area (TPSA) is 59.0 Å². The van der Waals surface area contributed by atoms with Crippen molar-refractivity contribution in [1.29, 1.82) is 0 Å². The third-order valence-electron chi connectivity index (χ3n) is 3.72. The first-order valence-electron chi connectivity index (χ1n) is 7.91. The van der Waals surface area contributed by atoms with Crippen LogP contribution in [-0.2, 0) is 0 Å². The molecule has 0 fully saturated rings. The third kappa shape index (κ3) is 4.25. The summed E-state index contributed by atoms with van der Waals surface area (Å²) in [4.78, 5) is 27.1. The smallest absolute Gasteiger partial charge is 0.283 e. The fourth-order valence-electron chi connectivity index (χ4n) is 2.33. The Morgan fingerprint density at radius 2 is 2.15 bits per heavy atom. The molecular weight excluding hydrogens is 390 g/mol. The van der Waals surface area contributed by atoms with Gasteiger partial charge < -0.3 is 4.90 Å². The van der Waals surface area contributed by atoms with Crippen molar-refractivity contribution in [2.45, 2.75) is 12.8 Å². The highest BCUT2D eigenvalue weighted by Crippen LogP contribution is 2.36. The molecule has 0 atom stereocenters. The molecule has 5 nitrogen and oxygen atoms in total. The molecule has 0 aliphatic rings. The molecular formula is C18H16F2N4OS2. The fraction of sp³-hybridized carbons (Fsp3) is 0.222. The standard InChI is InChI=1S/C18H16F2N4OS2/c1-4-18(19,20)10-24(3)17(25)13-9-26-16(23-13)14-11(2)22-15(27-14)12-6-5-7-21-8-12/h4-9H,1,10H2,2-3H3. The highest BCUT2D eigenvalue weighted by atomic mass is 32.1. The number of nitrogens with zero attached hydrogens (tertiary/aromatic N) is 4. The molecule has 140 valence electrons. The summed E-state index contributed by atoms with van der Waals surface area (Å²) >= 11 is 2.73. The number of pyridine rings is 1. The number of hydrogen-bond acceptors (Lipinski definition) is 6. The number of carbonyl (C=O) groups excluding carboxylic acids is 1. The maximum absolute atomic E-state index is 13.4. The van der Waals surface area contributed by atoms with E-state index in [9.17, 15) is 13.6 Å². The first-order chi connectivity index (χ1) is 12.8. The highest BCUT2D eigenvalue weighted by Gasteiger charge is 2.29. The minimum Gasteiger partial charge on any atom is -0.334 e. The van der Waals surface area contributed by atoms with Crippen LogP contribution in [0.2, 0.25) is 0 Å². The van der Waals surface area contributed by atoms with E-state index in [-0.39, 0.29) is 5.69 Å². The maximum atomic E-state index is 13.4. The Morgan fingerprint density at radius 3 is 2.81 bits per heavy atom. The van der Waals surface area contributed by atoms with Crippen LogP contribution >= 0.6 is 22.7 Å². The van der Waals surface area contributed by atoms with E-state index in [0.717, 1.165) is 26.0 Å². The van der Waals surface area contributed by atoms with Gasteiger partial charge in [0.05, 0.1) is 17.1 Å². The largest absolute Gasteiger partial charge is 0.334 e. The second kappa shape index (κ2) is 7.61. The van der Waals surface area contributed by atoms with Crippen molar-refractivity contribution < 1.29 is 13.6 Å². The number of halogens is 2. The SMILES string of the molecule is C=CC(F)(F)CN(C)C(=O)c1csc(-c2sc(-c3cccnc3)nc2C)n1. The summed E-state index contributed by atoms with van der Waals surface area (Å²) in [5.74, 6) is -3.70. The lowest BCUT2D eigenvalue weighted by molar-refractivity contribution is 0.0194. The minimum atomic E-state index is -3.14. The lowest BCUT2D eigenvalue weighted by Crippen LogP contribution is -2.37. The van der Waals surface area contributed by atoms with Gasteiger partial charge in [-0.3, -0.25) is 9.78 Å². The first kappa shape index (κ1) is 19.2. The molecule has 0 spiro atoms. The van der Waals surface area contributed by atoms with Crippen LogP contribution in [-0.4, -0.2) is 45.3 Å². The van der Waals surface area contributed by atoms with Crippen molar-refractivity contribution in [3.63, 3.8) is 0 Å². The van der Waals surface area contributed by atoms with Crippen molar-refractivity contribution in [2.24, 2.45) is 0 Å². The van der Waals surface area contributed by atoms with Crippen molar-refractivity contribution in [3.8, 4) is 20.5 Å². The van der Waals surface area contributed by atoms with Gasteiger partial charge in [0.15, 0.2) is 0 Å². The monoisotopic (exact) mass is 406 g/mol. The molecule has 0 aliphatic carbocycles. The zero-order chi connectivity index (χ0) is 19.6. The van der Waals surface area contributed by atoms with Crippen molar-refractivity contribution in [3.05, 3.63) is 53.9 Å². The van der Waals surface area contributed by atoms with E-state index in [1.54, 1.807) is 17.8 Å². The second-order valence-corrected chi connectivity index (χ2v) is 7.70. The number of carbonyl (C=O) groups is 1. The van der Waals surface area contributed by atoms with Crippen LogP contribution in [0, 0.1) is 6.92 Å². The molecule has 3 aromatic rings. The van der Waals surface area contributed by atoms with E-state index in [2.05, 4.69) is 21.5 Å². The molecule has 3 heterocycles. The van der Waals surface area contributed by atoms with Gasteiger partial charge in [-0.05, 0) is 25.1 Å². The molecule has 3 aromatic heterocycles. The van der Waals surface area contributed by atoms with Gasteiger partial charge >= 0.3 is 0 Å². The molecule has 3 rings (SSSR count). The molecule has 0 saturated carbocycles. The van der Waals surface area contributed by atoms with Crippen LogP contribution < -0.4 is 0 Å². The summed E-state index contributed by atoms with van der Waals surface area (Å²) in [7, 11) is 1.32. The van der Waals surface area contributed by atoms with E-state index in [1.165, 1.54) is 29.7 Å². The van der Waals surface area contributed by atoms with Crippen LogP contribution in [0.4, 0.5) is 8.78 Å². The summed E-state index contributed by atoms with van der Waals surface area (Å²) in [6, 6.07) is 3.75. The van der Waals surface area contributed by atoms with Gasteiger partial charge in [0.25, 0.3) is 11.8 Å². The predicted octanol–water partition coefficient (Wildman–Crippen LogP) is 4.53. The Morgan fingerprint density at radius 1 is 1.37 bits per heavy atom. The van der Waals surface area contributed by atoms with Gasteiger partial charge in [0, 0.05) is 30.4 Å². The van der Waals surface area contributed by atoms with Gasteiger partial charge in [0.1, 0.15) is 15.7 Å². The van der Waals surface area contributed by atoms with E-state index in [0.29, 0.717) is 11.1 Å². The normalized spacial score (nSPS) is 11.4. The molecule has 0 saturated heterocycles. The molecule has 0 radical (unpaired) electrons. The predicted molar refractivity (Wildman–Crippen MR) is 103 cm³/mol. The molecule has 0 aromatic carbocycles. The van der Waals surface area contributed by atoms with Crippen LogP contribution in [0.25, 0.3) is 20.5 Å². The number of hydrogen-bond donors (Lipinski definition) is 0. The fourth-order valence-corrected chi connectivity index (χ4v) is 4.32. The maximum Gasteiger partial charge on any atom is 0.283 e. The molecule has 0 bridgehead atoms. The summed E-state index contributed by atoms with van der Waals surface area (Å²) in [5.41, 5.74) is 1.82. The summed E-state index contributed by atoms with van der Waals surface area (Å²) in [6.45, 7) is 4.21. The average Bonchev–Trinajstić information content (AvgIpc) is 3.28. The van der Waals surface area contributed by atoms with Crippen LogP contribution in [0.3, 0.4) is 0 Å². The number of amides is 1. The van der Waals surface area contributed by atoms with Crippen molar-refractivity contribution >= 4 is 28.6 Å². The number of thiazole rings is 2. The van der Waals surface area contributed by atoms with Crippen LogP contribution in [0.15, 0.2) is 42.6 Å². The number of aryl methyl sites for hydroxylation is 1. The van der Waals surface area contributed by atoms with Crippen LogP contribution in [0.5, 0.6) is 0 Å². The van der Waals surface area contributed by atoms with Crippen LogP contribution in [0.1, 0.15) is 16.2 Å². The van der Waals surface area contributed by atoms with E-state index >= 15 is 0 Å². The highest BCUT2D eigenvalue weighted by molar-refractivity contribution is 7.23. The molecule has 1 amide bonds. The lowest BCUT2D eigenvalue weighted by Gasteiger charge is -2.20. The molecule has 27 heavy (non-hydrogen) atoms. The summed E-state index contributed by atoms with van der Waals surface area (Å²) in [6.07, 6.45) is 3.95. The van der Waals surface area contributed by atoms with Gasteiger partial charge in [-0.15, -0.1) is 22.7 Å². The third-order valence-corrected chi connectivity index (χ3v) is 5.92.